The summed E-state index contributed by atoms with van der Waals surface area (Å²) in [5, 5.41) is -0.549. The molecule has 8 heteroatoms. The molecule has 3 rings (SSSR count). The van der Waals surface area contributed by atoms with Gasteiger partial charge < -0.3 is 4.90 Å². The predicted octanol–water partition coefficient (Wildman–Crippen LogP) is 0.464. The number of pyridine rings is 1. The topological polar surface area (TPSA) is 70.6 Å². The molecule has 0 radical (unpaired) electrons. The van der Waals surface area contributed by atoms with Gasteiger partial charge in [0.05, 0.1) is 0 Å². The molecule has 0 unspecified atom stereocenters. The summed E-state index contributed by atoms with van der Waals surface area (Å²) in [6, 6.07) is 2.42. The normalized spacial score (nSPS) is 20.5. The van der Waals surface area contributed by atoms with E-state index in [4.69, 9.17) is 0 Å². The Balaban J connectivity index is 1.71. The fourth-order valence-electron chi connectivity index (χ4n) is 2.42. The summed E-state index contributed by atoms with van der Waals surface area (Å²) in [5.74, 6) is -0.619. The number of rotatable bonds is 3. The number of piperazine rings is 1. The standard InChI is InChI=1S/C13H16FN3O3S/c14-11-2-1-5-15-12(11)21(19,20)17-8-6-16(7-9-17)13(18)10-3-4-10/h1-2,5,10H,3-4,6-9H2. The highest BCUT2D eigenvalue weighted by atomic mass is 32.2. The van der Waals surface area contributed by atoms with Gasteiger partial charge in [0.1, 0.15) is 0 Å². The minimum Gasteiger partial charge on any atom is -0.340 e. The van der Waals surface area contributed by atoms with Crippen LogP contribution < -0.4 is 0 Å². The summed E-state index contributed by atoms with van der Waals surface area (Å²) in [4.78, 5) is 17.3. The van der Waals surface area contributed by atoms with Crippen LogP contribution in [0.4, 0.5) is 4.39 Å². The molecule has 114 valence electrons. The van der Waals surface area contributed by atoms with Gasteiger partial charge in [0.25, 0.3) is 10.0 Å². The zero-order valence-electron chi connectivity index (χ0n) is 11.4. The molecule has 1 aliphatic heterocycles. The van der Waals surface area contributed by atoms with Crippen molar-refractivity contribution in [2.24, 2.45) is 5.92 Å². The van der Waals surface area contributed by atoms with E-state index in [1.54, 1.807) is 4.90 Å². The number of carbonyl (C=O) groups excluding carboxylic acids is 1. The first-order chi connectivity index (χ1) is 10.00. The van der Waals surface area contributed by atoms with Gasteiger partial charge in [-0.25, -0.2) is 17.8 Å². The highest BCUT2D eigenvalue weighted by molar-refractivity contribution is 7.89. The first-order valence-corrected chi connectivity index (χ1v) is 8.33. The summed E-state index contributed by atoms with van der Waals surface area (Å²) >= 11 is 0. The Morgan fingerprint density at radius 2 is 1.90 bits per heavy atom. The fraction of sp³-hybridized carbons (Fsp3) is 0.538. The highest BCUT2D eigenvalue weighted by Gasteiger charge is 2.37. The second-order valence-corrected chi connectivity index (χ2v) is 7.15. The predicted molar refractivity (Wildman–Crippen MR) is 72.3 cm³/mol. The first kappa shape index (κ1) is 14.4. The molecule has 1 saturated carbocycles. The summed E-state index contributed by atoms with van der Waals surface area (Å²) in [6.07, 6.45) is 3.11. The highest BCUT2D eigenvalue weighted by Crippen LogP contribution is 2.31. The van der Waals surface area contributed by atoms with Crippen LogP contribution in [0.1, 0.15) is 12.8 Å². The molecule has 1 aromatic heterocycles. The van der Waals surface area contributed by atoms with Crippen LogP contribution in [0.3, 0.4) is 0 Å². The number of hydrogen-bond acceptors (Lipinski definition) is 4. The molecule has 1 aromatic rings. The largest absolute Gasteiger partial charge is 0.340 e. The van der Waals surface area contributed by atoms with Crippen molar-refractivity contribution in [1.82, 2.24) is 14.2 Å². The third-order valence-electron chi connectivity index (χ3n) is 3.79. The van der Waals surface area contributed by atoms with Crippen LogP contribution in [0.5, 0.6) is 0 Å². The van der Waals surface area contributed by atoms with Crippen molar-refractivity contribution >= 4 is 15.9 Å². The van der Waals surface area contributed by atoms with Gasteiger partial charge in [-0.15, -0.1) is 0 Å². The van der Waals surface area contributed by atoms with E-state index in [9.17, 15) is 17.6 Å². The van der Waals surface area contributed by atoms with Gasteiger partial charge in [0.15, 0.2) is 5.82 Å². The molecule has 2 aliphatic rings. The summed E-state index contributed by atoms with van der Waals surface area (Å²) in [7, 11) is -3.94. The van der Waals surface area contributed by atoms with Crippen molar-refractivity contribution in [3.8, 4) is 0 Å². The molecule has 1 aliphatic carbocycles. The molecule has 0 N–H and O–H groups in total. The van der Waals surface area contributed by atoms with Gasteiger partial charge in [-0.2, -0.15) is 4.31 Å². The zero-order valence-corrected chi connectivity index (χ0v) is 12.2. The van der Waals surface area contributed by atoms with Crippen molar-refractivity contribution in [3.63, 3.8) is 0 Å². The maximum absolute atomic E-state index is 13.6. The molecule has 21 heavy (non-hydrogen) atoms. The minimum atomic E-state index is -3.94. The summed E-state index contributed by atoms with van der Waals surface area (Å²) in [6.45, 7) is 1.06. The van der Waals surface area contributed by atoms with Crippen LogP contribution in [-0.4, -0.2) is 54.7 Å². The molecule has 0 atom stereocenters. The molecule has 0 aromatic carbocycles. The lowest BCUT2D eigenvalue weighted by molar-refractivity contribution is -0.133. The van der Waals surface area contributed by atoms with Crippen LogP contribution >= 0.6 is 0 Å². The zero-order chi connectivity index (χ0) is 15.0. The van der Waals surface area contributed by atoms with Crippen LogP contribution in [0.25, 0.3) is 0 Å². The second-order valence-electron chi connectivity index (χ2n) is 5.29. The van der Waals surface area contributed by atoms with Crippen LogP contribution in [-0.2, 0) is 14.8 Å². The van der Waals surface area contributed by atoms with Crippen molar-refractivity contribution in [1.29, 1.82) is 0 Å². The van der Waals surface area contributed by atoms with E-state index in [1.165, 1.54) is 16.6 Å². The second kappa shape index (κ2) is 5.34. The van der Waals surface area contributed by atoms with Gasteiger partial charge >= 0.3 is 0 Å². The van der Waals surface area contributed by atoms with E-state index >= 15 is 0 Å². The van der Waals surface area contributed by atoms with E-state index in [-0.39, 0.29) is 24.9 Å². The molecule has 0 bridgehead atoms. The lowest BCUT2D eigenvalue weighted by atomic mass is 10.3. The number of amides is 1. The number of aromatic nitrogens is 1. The minimum absolute atomic E-state index is 0.107. The van der Waals surface area contributed by atoms with Crippen molar-refractivity contribution < 1.29 is 17.6 Å². The SMILES string of the molecule is O=C(C1CC1)N1CCN(S(=O)(=O)c2ncccc2F)CC1. The molecule has 0 spiro atoms. The van der Waals surface area contributed by atoms with E-state index in [1.807, 2.05) is 0 Å². The van der Waals surface area contributed by atoms with E-state index in [0.717, 1.165) is 18.9 Å². The lowest BCUT2D eigenvalue weighted by Crippen LogP contribution is -2.51. The van der Waals surface area contributed by atoms with Crippen LogP contribution in [0.2, 0.25) is 0 Å². The molecule has 2 heterocycles. The summed E-state index contributed by atoms with van der Waals surface area (Å²) < 4.78 is 39.5. The Bertz CT molecular complexity index is 652. The van der Waals surface area contributed by atoms with Crippen LogP contribution in [0, 0.1) is 11.7 Å². The van der Waals surface area contributed by atoms with Gasteiger partial charge in [0, 0.05) is 38.3 Å². The van der Waals surface area contributed by atoms with E-state index < -0.39 is 20.9 Å². The molecular formula is C13H16FN3O3S. The third kappa shape index (κ3) is 2.77. The fourth-order valence-corrected chi connectivity index (χ4v) is 3.82. The summed E-state index contributed by atoms with van der Waals surface area (Å²) in [5.41, 5.74) is 0. The van der Waals surface area contributed by atoms with Gasteiger partial charge in [-0.3, -0.25) is 4.79 Å². The Kier molecular flexibility index (Phi) is 3.66. The first-order valence-electron chi connectivity index (χ1n) is 6.89. The van der Waals surface area contributed by atoms with Crippen molar-refractivity contribution in [2.75, 3.05) is 26.2 Å². The Morgan fingerprint density at radius 3 is 2.48 bits per heavy atom. The lowest BCUT2D eigenvalue weighted by Gasteiger charge is -2.33. The van der Waals surface area contributed by atoms with Crippen LogP contribution in [0.15, 0.2) is 23.4 Å². The Morgan fingerprint density at radius 1 is 1.24 bits per heavy atom. The monoisotopic (exact) mass is 313 g/mol. The smallest absolute Gasteiger partial charge is 0.263 e. The van der Waals surface area contributed by atoms with Crippen molar-refractivity contribution in [3.05, 3.63) is 24.1 Å². The third-order valence-corrected chi connectivity index (χ3v) is 5.62. The van der Waals surface area contributed by atoms with E-state index in [0.29, 0.717) is 13.1 Å². The molecule has 1 saturated heterocycles. The molecule has 1 amide bonds. The molecule has 2 fully saturated rings. The Hall–Kier alpha value is -1.54. The molecule has 6 nitrogen and oxygen atoms in total. The van der Waals surface area contributed by atoms with Gasteiger partial charge in [-0.1, -0.05) is 0 Å². The number of halogens is 1. The number of hydrogen-bond donors (Lipinski definition) is 0. The van der Waals surface area contributed by atoms with Crippen molar-refractivity contribution in [2.45, 2.75) is 17.9 Å². The maximum atomic E-state index is 13.6. The quantitative estimate of drug-likeness (QED) is 0.813. The number of sulfonamides is 1. The van der Waals surface area contributed by atoms with Gasteiger partial charge in [-0.05, 0) is 25.0 Å². The Labute approximate surface area is 122 Å². The maximum Gasteiger partial charge on any atom is 0.263 e. The number of carbonyl (C=O) groups is 1. The average Bonchev–Trinajstić information content (AvgIpc) is 3.31. The number of nitrogens with zero attached hydrogens (tertiary/aromatic N) is 3. The average molecular weight is 313 g/mol. The van der Waals surface area contributed by atoms with Gasteiger partial charge in [0.2, 0.25) is 10.9 Å². The molecular weight excluding hydrogens is 297 g/mol. The van der Waals surface area contributed by atoms with E-state index in [2.05, 4.69) is 4.98 Å².